The van der Waals surface area contributed by atoms with Crippen molar-refractivity contribution in [1.29, 1.82) is 0 Å². The van der Waals surface area contributed by atoms with E-state index < -0.39 is 0 Å². The Morgan fingerprint density at radius 1 is 1.35 bits per heavy atom. The number of nitrogen functional groups attached to an aromatic ring is 1. The summed E-state index contributed by atoms with van der Waals surface area (Å²) in [7, 11) is 1.62. The van der Waals surface area contributed by atoms with Crippen molar-refractivity contribution >= 4 is 16.5 Å². The summed E-state index contributed by atoms with van der Waals surface area (Å²) in [5.41, 5.74) is 2.50. The molecule has 2 rings (SSSR count). The highest BCUT2D eigenvalue weighted by atomic mass is 32.1. The van der Waals surface area contributed by atoms with E-state index in [2.05, 4.69) is 10.4 Å². The second-order valence-corrected chi connectivity index (χ2v) is 4.33. The van der Waals surface area contributed by atoms with E-state index in [1.54, 1.807) is 13.3 Å². The van der Waals surface area contributed by atoms with Gasteiger partial charge in [-0.2, -0.15) is 0 Å². The molecule has 0 amide bonds. The Morgan fingerprint density at radius 3 is 2.76 bits per heavy atom. The van der Waals surface area contributed by atoms with E-state index in [-0.39, 0.29) is 0 Å². The molecule has 6 heteroatoms. The summed E-state index contributed by atoms with van der Waals surface area (Å²) in [6.07, 6.45) is 1.73. The van der Waals surface area contributed by atoms with Crippen LogP contribution in [-0.4, -0.2) is 12.1 Å². The van der Waals surface area contributed by atoms with E-state index >= 15 is 0 Å². The number of hydrogen-bond acceptors (Lipinski definition) is 6. The van der Waals surface area contributed by atoms with Crippen LogP contribution in [0.3, 0.4) is 0 Å². The molecule has 0 aliphatic carbocycles. The van der Waals surface area contributed by atoms with Gasteiger partial charge in [-0.25, -0.2) is 10.8 Å². The van der Waals surface area contributed by atoms with Gasteiger partial charge in [-0.3, -0.25) is 5.43 Å². The summed E-state index contributed by atoms with van der Waals surface area (Å²) >= 11 is 1.45. The second kappa shape index (κ2) is 5.51. The zero-order valence-corrected chi connectivity index (χ0v) is 10.2. The van der Waals surface area contributed by atoms with Crippen LogP contribution in [-0.2, 0) is 6.61 Å². The van der Waals surface area contributed by atoms with E-state index in [4.69, 9.17) is 15.3 Å². The van der Waals surface area contributed by atoms with Crippen molar-refractivity contribution in [2.75, 3.05) is 12.5 Å². The summed E-state index contributed by atoms with van der Waals surface area (Å²) in [6, 6.07) is 7.52. The Labute approximate surface area is 103 Å². The zero-order chi connectivity index (χ0) is 12.1. The lowest BCUT2D eigenvalue weighted by atomic mass is 10.3. The van der Waals surface area contributed by atoms with Crippen LogP contribution >= 0.6 is 11.3 Å². The average Bonchev–Trinajstić information content (AvgIpc) is 2.84. The number of benzene rings is 1. The van der Waals surface area contributed by atoms with Crippen molar-refractivity contribution in [3.05, 3.63) is 35.3 Å². The molecular formula is C11H13N3O2S. The number of para-hydroxylation sites is 2. The fraction of sp³-hybridized carbons (Fsp3) is 0.182. The molecule has 0 spiro atoms. The first-order valence-corrected chi connectivity index (χ1v) is 5.82. The lowest BCUT2D eigenvalue weighted by molar-refractivity contribution is 0.287. The molecule has 17 heavy (non-hydrogen) atoms. The van der Waals surface area contributed by atoms with Gasteiger partial charge in [0.25, 0.3) is 0 Å². The van der Waals surface area contributed by atoms with Gasteiger partial charge in [-0.05, 0) is 12.1 Å². The van der Waals surface area contributed by atoms with Crippen molar-refractivity contribution in [3.63, 3.8) is 0 Å². The summed E-state index contributed by atoms with van der Waals surface area (Å²) in [5, 5.41) is 0.670. The van der Waals surface area contributed by atoms with Crippen molar-refractivity contribution < 1.29 is 9.47 Å². The summed E-state index contributed by atoms with van der Waals surface area (Å²) in [4.78, 5) is 5.05. The van der Waals surface area contributed by atoms with Gasteiger partial charge in [0.15, 0.2) is 16.6 Å². The maximum absolute atomic E-state index is 5.65. The highest BCUT2D eigenvalue weighted by Gasteiger charge is 2.05. The number of rotatable bonds is 5. The molecule has 1 heterocycles. The number of ether oxygens (including phenoxy) is 2. The van der Waals surface area contributed by atoms with Crippen LogP contribution in [0.5, 0.6) is 11.5 Å². The molecule has 0 aliphatic heterocycles. The van der Waals surface area contributed by atoms with E-state index in [0.29, 0.717) is 23.2 Å². The van der Waals surface area contributed by atoms with Crippen LogP contribution in [0.1, 0.15) is 4.88 Å². The largest absolute Gasteiger partial charge is 0.493 e. The maximum Gasteiger partial charge on any atom is 0.197 e. The van der Waals surface area contributed by atoms with Gasteiger partial charge in [0.1, 0.15) is 6.61 Å². The molecule has 0 saturated heterocycles. The predicted molar refractivity (Wildman–Crippen MR) is 67.3 cm³/mol. The fourth-order valence-electron chi connectivity index (χ4n) is 1.33. The minimum Gasteiger partial charge on any atom is -0.493 e. The van der Waals surface area contributed by atoms with Crippen LogP contribution in [0.4, 0.5) is 5.13 Å². The molecule has 90 valence electrons. The molecule has 0 aliphatic rings. The molecule has 1 aromatic carbocycles. The van der Waals surface area contributed by atoms with Gasteiger partial charge < -0.3 is 9.47 Å². The molecule has 0 atom stereocenters. The molecule has 0 radical (unpaired) electrons. The van der Waals surface area contributed by atoms with E-state index in [1.807, 2.05) is 24.3 Å². The number of methoxy groups -OCH3 is 1. The standard InChI is InChI=1S/C11H13N3O2S/c1-15-9-4-2-3-5-10(9)16-7-8-6-13-11(14-12)17-8/h2-6H,7,12H2,1H3,(H,13,14). The van der Waals surface area contributed by atoms with Crippen LogP contribution in [0.15, 0.2) is 30.5 Å². The van der Waals surface area contributed by atoms with Gasteiger partial charge in [-0.15, -0.1) is 0 Å². The normalized spacial score (nSPS) is 10.0. The molecule has 2 aromatic rings. The Balaban J connectivity index is 2.01. The third kappa shape index (κ3) is 2.86. The Morgan fingerprint density at radius 2 is 2.12 bits per heavy atom. The van der Waals surface area contributed by atoms with Crippen molar-refractivity contribution in [3.8, 4) is 11.5 Å². The molecule has 0 bridgehead atoms. The number of nitrogens with zero attached hydrogens (tertiary/aromatic N) is 1. The number of nitrogens with two attached hydrogens (primary N) is 1. The lowest BCUT2D eigenvalue weighted by Gasteiger charge is -2.08. The van der Waals surface area contributed by atoms with Crippen LogP contribution in [0.25, 0.3) is 0 Å². The summed E-state index contributed by atoms with van der Waals surface area (Å²) in [6.45, 7) is 0.444. The summed E-state index contributed by atoms with van der Waals surface area (Å²) < 4.78 is 10.8. The Kier molecular flexibility index (Phi) is 3.79. The third-order valence-corrected chi connectivity index (χ3v) is 3.02. The zero-order valence-electron chi connectivity index (χ0n) is 9.34. The van der Waals surface area contributed by atoms with E-state index in [0.717, 1.165) is 4.88 Å². The SMILES string of the molecule is COc1ccccc1OCc1cnc(NN)s1. The lowest BCUT2D eigenvalue weighted by Crippen LogP contribution is -2.05. The molecular weight excluding hydrogens is 238 g/mol. The van der Waals surface area contributed by atoms with Gasteiger partial charge >= 0.3 is 0 Å². The topological polar surface area (TPSA) is 69.4 Å². The number of nitrogens with one attached hydrogen (secondary N) is 1. The predicted octanol–water partition coefficient (Wildman–Crippen LogP) is 2.02. The molecule has 1 aromatic heterocycles. The quantitative estimate of drug-likeness (QED) is 0.628. The maximum atomic E-state index is 5.65. The summed E-state index contributed by atoms with van der Waals surface area (Å²) in [5.74, 6) is 6.68. The highest BCUT2D eigenvalue weighted by Crippen LogP contribution is 2.27. The fourth-order valence-corrected chi connectivity index (χ4v) is 1.96. The number of anilines is 1. The smallest absolute Gasteiger partial charge is 0.197 e. The minimum absolute atomic E-state index is 0.444. The highest BCUT2D eigenvalue weighted by molar-refractivity contribution is 7.15. The first-order chi connectivity index (χ1) is 8.33. The van der Waals surface area contributed by atoms with Crippen molar-refractivity contribution in [1.82, 2.24) is 4.98 Å². The van der Waals surface area contributed by atoms with Gasteiger partial charge in [0, 0.05) is 6.20 Å². The molecule has 0 unspecified atom stereocenters. The third-order valence-electron chi connectivity index (χ3n) is 2.12. The van der Waals surface area contributed by atoms with Crippen LogP contribution in [0, 0.1) is 0 Å². The van der Waals surface area contributed by atoms with E-state index in [1.165, 1.54) is 11.3 Å². The first-order valence-electron chi connectivity index (χ1n) is 5.00. The molecule has 5 nitrogen and oxygen atoms in total. The first kappa shape index (κ1) is 11.7. The molecule has 3 N–H and O–H groups in total. The average molecular weight is 251 g/mol. The minimum atomic E-state index is 0.444. The van der Waals surface area contributed by atoms with Crippen LogP contribution in [0.2, 0.25) is 0 Å². The van der Waals surface area contributed by atoms with Gasteiger partial charge in [0.2, 0.25) is 0 Å². The monoisotopic (exact) mass is 251 g/mol. The van der Waals surface area contributed by atoms with E-state index in [9.17, 15) is 0 Å². The second-order valence-electron chi connectivity index (χ2n) is 3.22. The molecule has 0 fully saturated rings. The number of hydrogen-bond donors (Lipinski definition) is 2. The van der Waals surface area contributed by atoms with Crippen LogP contribution < -0.4 is 20.7 Å². The Hall–Kier alpha value is -1.79. The van der Waals surface area contributed by atoms with Gasteiger partial charge in [0.05, 0.1) is 12.0 Å². The number of hydrazine groups is 1. The van der Waals surface area contributed by atoms with Gasteiger partial charge in [-0.1, -0.05) is 23.5 Å². The number of aromatic nitrogens is 1. The number of thiazole rings is 1. The van der Waals surface area contributed by atoms with Crippen molar-refractivity contribution in [2.24, 2.45) is 5.84 Å². The Bertz CT molecular complexity index is 487. The molecule has 0 saturated carbocycles. The van der Waals surface area contributed by atoms with Crippen molar-refractivity contribution in [2.45, 2.75) is 6.61 Å².